The topological polar surface area (TPSA) is 127 Å². The Morgan fingerprint density at radius 3 is 2.43 bits per heavy atom. The number of urea groups is 1. The zero-order valence-corrected chi connectivity index (χ0v) is 21.1. The van der Waals surface area contributed by atoms with Gasteiger partial charge in [0, 0.05) is 18.6 Å². The van der Waals surface area contributed by atoms with Gasteiger partial charge in [-0.05, 0) is 56.8 Å². The van der Waals surface area contributed by atoms with Crippen LogP contribution in [0.5, 0.6) is 0 Å². The highest BCUT2D eigenvalue weighted by atomic mass is 16.6. The van der Waals surface area contributed by atoms with Crippen molar-refractivity contribution in [3.8, 4) is 0 Å². The Kier molecular flexibility index (Phi) is 9.76. The van der Waals surface area contributed by atoms with Gasteiger partial charge in [0.15, 0.2) is 0 Å². The fraction of sp³-hybridized carbons (Fsp3) is 0.731. The predicted octanol–water partition coefficient (Wildman–Crippen LogP) is 1.92. The van der Waals surface area contributed by atoms with Crippen molar-refractivity contribution < 1.29 is 14.3 Å². The first-order chi connectivity index (χ1) is 17.2. The number of hydrogen-bond acceptors (Lipinski definition) is 7. The quantitative estimate of drug-likeness (QED) is 0.293. The zero-order chi connectivity index (χ0) is 24.6. The third-order valence-corrected chi connectivity index (χ3v) is 7.83. The van der Waals surface area contributed by atoms with Crippen LogP contribution in [0.4, 0.5) is 4.79 Å². The number of benzene rings is 1. The summed E-state index contributed by atoms with van der Waals surface area (Å²) < 4.78 is 12.2. The van der Waals surface area contributed by atoms with Crippen LogP contribution in [0.3, 0.4) is 0 Å². The molecule has 0 radical (unpaired) electrons. The maximum Gasteiger partial charge on any atom is 0.315 e. The van der Waals surface area contributed by atoms with Crippen LogP contribution < -0.4 is 27.6 Å². The molecule has 1 aromatic rings. The van der Waals surface area contributed by atoms with Crippen LogP contribution in [0.15, 0.2) is 24.3 Å². The number of likely N-dealkylation sites (tertiary alicyclic amines) is 1. The highest BCUT2D eigenvalue weighted by Gasteiger charge is 2.48. The van der Waals surface area contributed by atoms with Crippen LogP contribution in [0.2, 0.25) is 0 Å². The molecule has 3 aliphatic heterocycles. The van der Waals surface area contributed by atoms with E-state index < -0.39 is 0 Å². The van der Waals surface area contributed by atoms with Crippen LogP contribution in [0.1, 0.15) is 69.0 Å². The summed E-state index contributed by atoms with van der Waals surface area (Å²) in [6, 6.07) is 9.40. The number of carbonyl (C=O) groups excluding carboxylic acids is 1. The van der Waals surface area contributed by atoms with Crippen molar-refractivity contribution in [2.24, 2.45) is 11.7 Å². The molecule has 1 aromatic carbocycles. The van der Waals surface area contributed by atoms with Gasteiger partial charge in [-0.2, -0.15) is 0 Å². The van der Waals surface area contributed by atoms with Crippen molar-refractivity contribution in [1.29, 1.82) is 0 Å². The number of fused-ring (bicyclic) bond motifs is 1. The Bertz CT molecular complexity index is 799. The van der Waals surface area contributed by atoms with E-state index in [0.717, 1.165) is 19.4 Å². The maximum atomic E-state index is 12.5. The molecule has 9 nitrogen and oxygen atoms in total. The van der Waals surface area contributed by atoms with Gasteiger partial charge in [-0.1, -0.05) is 43.5 Å². The molecule has 3 heterocycles. The average molecular weight is 489 g/mol. The van der Waals surface area contributed by atoms with Gasteiger partial charge in [0.1, 0.15) is 12.2 Å². The molecular formula is C26H44N6O3. The smallest absolute Gasteiger partial charge is 0.315 e. The molecule has 0 aromatic heterocycles. The van der Waals surface area contributed by atoms with Gasteiger partial charge >= 0.3 is 6.03 Å². The van der Waals surface area contributed by atoms with Gasteiger partial charge in [0.25, 0.3) is 0 Å². The fourth-order valence-corrected chi connectivity index (χ4v) is 5.99. The van der Waals surface area contributed by atoms with E-state index >= 15 is 0 Å². The molecule has 1 aliphatic carbocycles. The third-order valence-electron chi connectivity index (χ3n) is 7.83. The highest BCUT2D eigenvalue weighted by Crippen LogP contribution is 2.29. The molecule has 2 amide bonds. The minimum atomic E-state index is -0.0931. The summed E-state index contributed by atoms with van der Waals surface area (Å²) in [5.41, 5.74) is 2.68. The Morgan fingerprint density at radius 1 is 1.00 bits per heavy atom. The van der Waals surface area contributed by atoms with E-state index in [4.69, 9.17) is 9.47 Å². The first-order valence-electron chi connectivity index (χ1n) is 13.4. The molecule has 5 unspecified atom stereocenters. The van der Waals surface area contributed by atoms with Crippen LogP contribution in [-0.2, 0) is 16.0 Å². The second-order valence-electron chi connectivity index (χ2n) is 10.4. The van der Waals surface area contributed by atoms with Gasteiger partial charge < -0.3 is 25.4 Å². The molecule has 7 N–H and O–H groups in total. The van der Waals surface area contributed by atoms with Gasteiger partial charge in [-0.25, -0.2) is 4.79 Å². The molecule has 5 rings (SSSR count). The van der Waals surface area contributed by atoms with E-state index in [2.05, 4.69) is 63.7 Å². The van der Waals surface area contributed by atoms with Crippen LogP contribution >= 0.6 is 0 Å². The maximum absolute atomic E-state index is 12.5. The summed E-state index contributed by atoms with van der Waals surface area (Å²) in [5, 5.41) is 9.99. The SMILES string of the molecule is CC(NC1COC2C(NC(=O)NC3CCCCC3)COC12)c1cccc(CN2CCCC2)c1.NN. The fourth-order valence-electron chi connectivity index (χ4n) is 5.99. The Hall–Kier alpha value is -1.75. The van der Waals surface area contributed by atoms with Crippen molar-refractivity contribution in [1.82, 2.24) is 20.9 Å². The van der Waals surface area contributed by atoms with Crippen molar-refractivity contribution >= 4 is 6.03 Å². The van der Waals surface area contributed by atoms with Crippen LogP contribution in [-0.4, -0.2) is 67.6 Å². The summed E-state index contributed by atoms with van der Waals surface area (Å²) in [5.74, 6) is 8.00. The lowest BCUT2D eigenvalue weighted by Gasteiger charge is -2.25. The van der Waals surface area contributed by atoms with Crippen LogP contribution in [0, 0.1) is 0 Å². The lowest BCUT2D eigenvalue weighted by Crippen LogP contribution is -2.51. The lowest BCUT2D eigenvalue weighted by atomic mass is 9.96. The first kappa shape index (κ1) is 26.3. The molecule has 1 saturated carbocycles. The monoisotopic (exact) mass is 488 g/mol. The molecular weight excluding hydrogens is 444 g/mol. The molecule has 196 valence electrons. The number of hydrogen-bond donors (Lipinski definition) is 5. The summed E-state index contributed by atoms with van der Waals surface area (Å²) in [6.45, 7) is 6.79. The molecule has 3 saturated heterocycles. The summed E-state index contributed by atoms with van der Waals surface area (Å²) in [7, 11) is 0. The summed E-state index contributed by atoms with van der Waals surface area (Å²) in [6.07, 6.45) is 8.38. The second-order valence-corrected chi connectivity index (χ2v) is 10.4. The number of nitrogens with two attached hydrogens (primary N) is 2. The third kappa shape index (κ3) is 6.93. The summed E-state index contributed by atoms with van der Waals surface area (Å²) in [4.78, 5) is 15.0. The number of amides is 2. The van der Waals surface area contributed by atoms with Gasteiger partial charge in [0.2, 0.25) is 0 Å². The van der Waals surface area contributed by atoms with Gasteiger partial charge in [-0.15, -0.1) is 0 Å². The Balaban J connectivity index is 0.00000141. The van der Waals surface area contributed by atoms with Gasteiger partial charge in [-0.3, -0.25) is 16.6 Å². The van der Waals surface area contributed by atoms with E-state index in [1.54, 1.807) is 0 Å². The standard InChI is InChI=1S/C26H40N4O3.H4N2/c1-18(20-9-7-8-19(14-20)15-30-12-5-6-13-30)27-22-16-32-25-23(17-33-24(22)25)29-26(31)28-21-10-3-2-4-11-21;1-2/h7-9,14,18,21-25,27H,2-6,10-13,15-17H2,1H3,(H2,28,29,31);1-2H2. The normalized spacial score (nSPS) is 29.8. The number of carbonyl (C=O) groups is 1. The minimum Gasteiger partial charge on any atom is -0.371 e. The van der Waals surface area contributed by atoms with Crippen molar-refractivity contribution in [3.05, 3.63) is 35.4 Å². The average Bonchev–Trinajstić information content (AvgIpc) is 3.62. The van der Waals surface area contributed by atoms with E-state index in [9.17, 15) is 4.79 Å². The molecule has 4 fully saturated rings. The number of hydrazine groups is 1. The van der Waals surface area contributed by atoms with E-state index in [0.29, 0.717) is 19.3 Å². The van der Waals surface area contributed by atoms with E-state index in [1.165, 1.54) is 56.3 Å². The Morgan fingerprint density at radius 2 is 1.69 bits per heavy atom. The van der Waals surface area contributed by atoms with Crippen molar-refractivity contribution in [3.63, 3.8) is 0 Å². The molecule has 4 aliphatic rings. The molecule has 5 atom stereocenters. The molecule has 9 heteroatoms. The summed E-state index contributed by atoms with van der Waals surface area (Å²) >= 11 is 0. The van der Waals surface area contributed by atoms with Crippen molar-refractivity contribution in [2.45, 2.75) is 94.8 Å². The van der Waals surface area contributed by atoms with E-state index in [1.807, 2.05) is 0 Å². The van der Waals surface area contributed by atoms with Gasteiger partial charge in [0.05, 0.1) is 25.3 Å². The number of ether oxygens (including phenoxy) is 2. The second kappa shape index (κ2) is 13.0. The van der Waals surface area contributed by atoms with Crippen molar-refractivity contribution in [2.75, 3.05) is 26.3 Å². The number of nitrogens with zero attached hydrogens (tertiary/aromatic N) is 1. The predicted molar refractivity (Wildman–Crippen MR) is 136 cm³/mol. The highest BCUT2D eigenvalue weighted by molar-refractivity contribution is 5.74. The molecule has 0 bridgehead atoms. The van der Waals surface area contributed by atoms with E-state index in [-0.39, 0.29) is 36.4 Å². The molecule has 35 heavy (non-hydrogen) atoms. The number of nitrogens with one attached hydrogen (secondary N) is 3. The molecule has 0 spiro atoms. The largest absolute Gasteiger partial charge is 0.371 e. The minimum absolute atomic E-state index is 0.0276. The Labute approximate surface area is 209 Å². The lowest BCUT2D eigenvalue weighted by molar-refractivity contribution is 0.0653. The first-order valence-corrected chi connectivity index (χ1v) is 13.4. The zero-order valence-electron chi connectivity index (χ0n) is 21.1. The number of rotatable bonds is 7. The van der Waals surface area contributed by atoms with Crippen LogP contribution in [0.25, 0.3) is 0 Å².